The molecule has 0 N–H and O–H groups in total. The number of methoxy groups -OCH3 is 1. The molecule has 0 bridgehead atoms. The molecule has 4 heteroatoms. The lowest BCUT2D eigenvalue weighted by molar-refractivity contribution is 0.284. The molecule has 0 unspecified atom stereocenters. The Morgan fingerprint density at radius 1 is 0.719 bits per heavy atom. The van der Waals surface area contributed by atoms with Crippen LogP contribution in [0.1, 0.15) is 22.3 Å². The van der Waals surface area contributed by atoms with Crippen molar-refractivity contribution in [3.63, 3.8) is 0 Å². The standard InChI is InChI=1S/C28H24N2O2/c1-31-27-19-23(17-18-26(27)32-21-22-11-5-2-6-12-22)20-29-30-28(24-13-7-3-8-14-24)25-15-9-4-10-16-25/h2-20H,21H2,1H3. The lowest BCUT2D eigenvalue weighted by Crippen LogP contribution is -2.02. The van der Waals surface area contributed by atoms with Gasteiger partial charge in [0.1, 0.15) is 12.3 Å². The Bertz CT molecular complexity index is 1150. The fourth-order valence-corrected chi connectivity index (χ4v) is 3.25. The molecular formula is C28H24N2O2. The summed E-state index contributed by atoms with van der Waals surface area (Å²) in [4.78, 5) is 0. The maximum atomic E-state index is 5.93. The Morgan fingerprint density at radius 3 is 1.91 bits per heavy atom. The van der Waals surface area contributed by atoms with E-state index in [-0.39, 0.29) is 0 Å². The van der Waals surface area contributed by atoms with Gasteiger partial charge in [-0.15, -0.1) is 5.10 Å². The maximum Gasteiger partial charge on any atom is 0.161 e. The molecule has 0 amide bonds. The van der Waals surface area contributed by atoms with Crippen molar-refractivity contribution in [1.82, 2.24) is 0 Å². The quantitative estimate of drug-likeness (QED) is 0.254. The molecule has 0 saturated heterocycles. The summed E-state index contributed by atoms with van der Waals surface area (Å²) < 4.78 is 11.4. The van der Waals surface area contributed by atoms with Crippen LogP contribution in [0.5, 0.6) is 11.5 Å². The first kappa shape index (κ1) is 21.1. The van der Waals surface area contributed by atoms with Crippen LogP contribution >= 0.6 is 0 Å². The summed E-state index contributed by atoms with van der Waals surface area (Å²) in [6.07, 6.45) is 1.72. The van der Waals surface area contributed by atoms with Crippen LogP contribution in [0.15, 0.2) is 119 Å². The van der Waals surface area contributed by atoms with Crippen molar-refractivity contribution in [1.29, 1.82) is 0 Å². The van der Waals surface area contributed by atoms with Gasteiger partial charge in [-0.25, -0.2) is 0 Å². The van der Waals surface area contributed by atoms with Gasteiger partial charge in [0.15, 0.2) is 11.5 Å². The molecule has 4 aromatic rings. The van der Waals surface area contributed by atoms with E-state index in [9.17, 15) is 0 Å². The smallest absolute Gasteiger partial charge is 0.161 e. The topological polar surface area (TPSA) is 43.2 Å². The van der Waals surface area contributed by atoms with Gasteiger partial charge < -0.3 is 9.47 Å². The fourth-order valence-electron chi connectivity index (χ4n) is 3.25. The largest absolute Gasteiger partial charge is 0.493 e. The van der Waals surface area contributed by atoms with Crippen LogP contribution < -0.4 is 9.47 Å². The Balaban J connectivity index is 1.54. The number of nitrogens with zero attached hydrogens (tertiary/aromatic N) is 2. The van der Waals surface area contributed by atoms with Crippen LogP contribution in [0.25, 0.3) is 0 Å². The fraction of sp³-hybridized carbons (Fsp3) is 0.0714. The summed E-state index contributed by atoms with van der Waals surface area (Å²) >= 11 is 0. The van der Waals surface area contributed by atoms with Crippen LogP contribution in [-0.2, 0) is 6.61 Å². The molecule has 0 aromatic heterocycles. The van der Waals surface area contributed by atoms with Crippen molar-refractivity contribution >= 4 is 11.9 Å². The van der Waals surface area contributed by atoms with E-state index in [0.29, 0.717) is 18.1 Å². The van der Waals surface area contributed by atoms with E-state index in [1.54, 1.807) is 13.3 Å². The van der Waals surface area contributed by atoms with Crippen molar-refractivity contribution in [2.45, 2.75) is 6.61 Å². The predicted octanol–water partition coefficient (Wildman–Crippen LogP) is 6.15. The van der Waals surface area contributed by atoms with Gasteiger partial charge in [0, 0.05) is 11.1 Å². The minimum absolute atomic E-state index is 0.479. The highest BCUT2D eigenvalue weighted by Gasteiger charge is 2.07. The zero-order valence-corrected chi connectivity index (χ0v) is 17.9. The third-order valence-corrected chi connectivity index (χ3v) is 4.88. The Hall–Kier alpha value is -4.18. The molecular weight excluding hydrogens is 396 g/mol. The summed E-state index contributed by atoms with van der Waals surface area (Å²) in [6.45, 7) is 0.479. The highest BCUT2D eigenvalue weighted by molar-refractivity contribution is 6.12. The van der Waals surface area contributed by atoms with Gasteiger partial charge in [0.2, 0.25) is 0 Å². The van der Waals surface area contributed by atoms with E-state index >= 15 is 0 Å². The van der Waals surface area contributed by atoms with Gasteiger partial charge in [-0.2, -0.15) is 5.10 Å². The first-order valence-electron chi connectivity index (χ1n) is 10.4. The first-order chi connectivity index (χ1) is 15.8. The molecule has 0 saturated carbocycles. The van der Waals surface area contributed by atoms with Crippen LogP contribution in [-0.4, -0.2) is 19.0 Å². The molecule has 0 fully saturated rings. The molecule has 0 radical (unpaired) electrons. The molecule has 0 aliphatic heterocycles. The molecule has 0 aliphatic carbocycles. The Kier molecular flexibility index (Phi) is 7.06. The highest BCUT2D eigenvalue weighted by Crippen LogP contribution is 2.28. The minimum Gasteiger partial charge on any atom is -0.493 e. The van der Waals surface area contributed by atoms with Crippen LogP contribution in [0.3, 0.4) is 0 Å². The van der Waals surface area contributed by atoms with Crippen molar-refractivity contribution in [3.05, 3.63) is 131 Å². The van der Waals surface area contributed by atoms with Gasteiger partial charge in [-0.1, -0.05) is 91.0 Å². The van der Waals surface area contributed by atoms with E-state index in [2.05, 4.69) is 10.2 Å². The lowest BCUT2D eigenvalue weighted by atomic mass is 10.0. The first-order valence-corrected chi connectivity index (χ1v) is 10.4. The van der Waals surface area contributed by atoms with Crippen molar-refractivity contribution in [2.75, 3.05) is 7.11 Å². The maximum absolute atomic E-state index is 5.93. The zero-order chi connectivity index (χ0) is 22.0. The van der Waals surface area contributed by atoms with Crippen molar-refractivity contribution in [2.24, 2.45) is 10.2 Å². The van der Waals surface area contributed by atoms with Gasteiger partial charge in [0.05, 0.1) is 13.3 Å². The number of ether oxygens (including phenoxy) is 2. The summed E-state index contributed by atoms with van der Waals surface area (Å²) in [7, 11) is 1.63. The molecule has 0 aliphatic rings. The normalized spacial score (nSPS) is 10.7. The second kappa shape index (κ2) is 10.7. The SMILES string of the molecule is COc1cc(C=NN=C(c2ccccc2)c2ccccc2)ccc1OCc1ccccc1. The van der Waals surface area contributed by atoms with Crippen LogP contribution in [0.4, 0.5) is 0 Å². The second-order valence-electron chi connectivity index (χ2n) is 7.11. The second-order valence-corrected chi connectivity index (χ2v) is 7.11. The van der Waals surface area contributed by atoms with Gasteiger partial charge in [-0.05, 0) is 29.3 Å². The van der Waals surface area contributed by atoms with Gasteiger partial charge in [-0.3, -0.25) is 0 Å². The third-order valence-electron chi connectivity index (χ3n) is 4.88. The molecule has 4 rings (SSSR count). The third kappa shape index (κ3) is 5.49. The summed E-state index contributed by atoms with van der Waals surface area (Å²) in [6, 6.07) is 35.8. The Morgan fingerprint density at radius 2 is 1.31 bits per heavy atom. The number of benzene rings is 4. The molecule has 0 heterocycles. The van der Waals surface area contributed by atoms with E-state index in [1.165, 1.54) is 0 Å². The minimum atomic E-state index is 0.479. The van der Waals surface area contributed by atoms with Gasteiger partial charge in [0.25, 0.3) is 0 Å². The molecule has 4 nitrogen and oxygen atoms in total. The summed E-state index contributed by atoms with van der Waals surface area (Å²) in [5.74, 6) is 1.34. The predicted molar refractivity (Wildman–Crippen MR) is 130 cm³/mol. The summed E-state index contributed by atoms with van der Waals surface area (Å²) in [5.41, 5.74) is 4.82. The Labute approximate surface area is 188 Å². The zero-order valence-electron chi connectivity index (χ0n) is 17.9. The number of hydrogen-bond acceptors (Lipinski definition) is 4. The average Bonchev–Trinajstić information content (AvgIpc) is 2.87. The molecule has 158 valence electrons. The molecule has 4 aromatic carbocycles. The lowest BCUT2D eigenvalue weighted by Gasteiger charge is -2.11. The van der Waals surface area contributed by atoms with E-state index in [0.717, 1.165) is 28.0 Å². The summed E-state index contributed by atoms with van der Waals surface area (Å²) in [5, 5.41) is 8.89. The molecule has 0 spiro atoms. The average molecular weight is 421 g/mol. The number of rotatable bonds is 8. The van der Waals surface area contributed by atoms with Crippen LogP contribution in [0.2, 0.25) is 0 Å². The molecule has 0 atom stereocenters. The van der Waals surface area contributed by atoms with E-state index in [4.69, 9.17) is 9.47 Å². The highest BCUT2D eigenvalue weighted by atomic mass is 16.5. The monoisotopic (exact) mass is 420 g/mol. The number of hydrogen-bond donors (Lipinski definition) is 0. The van der Waals surface area contributed by atoms with E-state index in [1.807, 2.05) is 109 Å². The van der Waals surface area contributed by atoms with Crippen molar-refractivity contribution < 1.29 is 9.47 Å². The van der Waals surface area contributed by atoms with Crippen LogP contribution in [0, 0.1) is 0 Å². The van der Waals surface area contributed by atoms with Gasteiger partial charge >= 0.3 is 0 Å². The molecule has 32 heavy (non-hydrogen) atoms. The van der Waals surface area contributed by atoms with E-state index < -0.39 is 0 Å². The van der Waals surface area contributed by atoms with Crippen molar-refractivity contribution in [3.8, 4) is 11.5 Å².